The highest BCUT2D eigenvalue weighted by atomic mass is 32.2. The number of benzene rings is 2. The van der Waals surface area contributed by atoms with Gasteiger partial charge in [-0.3, -0.25) is 0 Å². The molecule has 0 radical (unpaired) electrons. The summed E-state index contributed by atoms with van der Waals surface area (Å²) >= 11 is 0. The summed E-state index contributed by atoms with van der Waals surface area (Å²) in [5, 5.41) is 9.28. The molecule has 120 valence electrons. The first kappa shape index (κ1) is 17.0. The van der Waals surface area contributed by atoms with Crippen molar-refractivity contribution in [1.29, 1.82) is 5.26 Å². The molecular formula is C17H18N2O3S. The minimum Gasteiger partial charge on any atom is -0.494 e. The van der Waals surface area contributed by atoms with Crippen molar-refractivity contribution in [2.75, 3.05) is 6.61 Å². The lowest BCUT2D eigenvalue weighted by atomic mass is 10.1. The molecule has 0 spiro atoms. The molecule has 1 unspecified atom stereocenters. The van der Waals surface area contributed by atoms with E-state index >= 15 is 0 Å². The molecule has 0 aromatic heterocycles. The number of nitriles is 1. The van der Waals surface area contributed by atoms with Gasteiger partial charge < -0.3 is 4.74 Å². The quantitative estimate of drug-likeness (QED) is 0.883. The molecule has 0 heterocycles. The SMILES string of the molecule is CCOc1ccc(S(=O)(=O)NC(C#N)c2ccc(C)cc2)cc1. The van der Waals surface area contributed by atoms with E-state index in [1.54, 1.807) is 24.3 Å². The summed E-state index contributed by atoms with van der Waals surface area (Å²) in [5.41, 5.74) is 1.65. The summed E-state index contributed by atoms with van der Waals surface area (Å²) in [6.07, 6.45) is 0. The minimum atomic E-state index is -3.79. The summed E-state index contributed by atoms with van der Waals surface area (Å²) in [5.74, 6) is 0.599. The van der Waals surface area contributed by atoms with Crippen LogP contribution in [0.1, 0.15) is 24.1 Å². The van der Waals surface area contributed by atoms with Gasteiger partial charge in [0.05, 0.1) is 17.6 Å². The molecule has 0 amide bonds. The van der Waals surface area contributed by atoms with Gasteiger partial charge in [0, 0.05) is 0 Å². The predicted molar refractivity (Wildman–Crippen MR) is 87.5 cm³/mol. The van der Waals surface area contributed by atoms with E-state index in [-0.39, 0.29) is 4.90 Å². The first-order valence-electron chi connectivity index (χ1n) is 7.17. The molecule has 1 N–H and O–H groups in total. The van der Waals surface area contributed by atoms with Crippen molar-refractivity contribution in [2.45, 2.75) is 24.8 Å². The lowest BCUT2D eigenvalue weighted by Gasteiger charge is -2.13. The van der Waals surface area contributed by atoms with E-state index in [9.17, 15) is 13.7 Å². The molecule has 2 aromatic rings. The highest BCUT2D eigenvalue weighted by Gasteiger charge is 2.21. The van der Waals surface area contributed by atoms with Crippen LogP contribution in [0.5, 0.6) is 5.75 Å². The van der Waals surface area contributed by atoms with Crippen molar-refractivity contribution in [2.24, 2.45) is 0 Å². The number of nitrogens with zero attached hydrogens (tertiary/aromatic N) is 1. The standard InChI is InChI=1S/C17H18N2O3S/c1-3-22-15-8-10-16(11-9-15)23(20,21)19-17(12-18)14-6-4-13(2)5-7-14/h4-11,17,19H,3H2,1-2H3. The predicted octanol–water partition coefficient (Wildman–Crippen LogP) is 2.94. The monoisotopic (exact) mass is 330 g/mol. The maximum absolute atomic E-state index is 12.4. The first-order valence-corrected chi connectivity index (χ1v) is 8.66. The largest absolute Gasteiger partial charge is 0.494 e. The highest BCUT2D eigenvalue weighted by molar-refractivity contribution is 7.89. The van der Waals surface area contributed by atoms with Crippen molar-refractivity contribution in [3.05, 3.63) is 59.7 Å². The third-order valence-corrected chi connectivity index (χ3v) is 4.70. The highest BCUT2D eigenvalue weighted by Crippen LogP contribution is 2.19. The van der Waals surface area contributed by atoms with Crippen LogP contribution in [0.3, 0.4) is 0 Å². The van der Waals surface area contributed by atoms with Crippen LogP contribution in [-0.2, 0) is 10.0 Å². The molecule has 0 saturated carbocycles. The third-order valence-electron chi connectivity index (χ3n) is 3.26. The summed E-state index contributed by atoms with van der Waals surface area (Å²) in [4.78, 5) is 0.0910. The molecule has 2 rings (SSSR count). The number of nitrogens with one attached hydrogen (secondary N) is 1. The average molecular weight is 330 g/mol. The Balaban J connectivity index is 2.21. The van der Waals surface area contributed by atoms with Gasteiger partial charge in [-0.1, -0.05) is 29.8 Å². The number of aryl methyl sites for hydroxylation is 1. The second kappa shape index (κ2) is 7.27. The number of ether oxygens (including phenoxy) is 1. The van der Waals surface area contributed by atoms with Gasteiger partial charge in [-0.25, -0.2) is 8.42 Å². The number of hydrogen-bond donors (Lipinski definition) is 1. The van der Waals surface area contributed by atoms with E-state index in [4.69, 9.17) is 4.74 Å². The summed E-state index contributed by atoms with van der Waals surface area (Å²) < 4.78 is 32.5. The fourth-order valence-electron chi connectivity index (χ4n) is 2.03. The molecule has 0 fully saturated rings. The molecule has 0 aliphatic carbocycles. The maximum Gasteiger partial charge on any atom is 0.242 e. The van der Waals surface area contributed by atoms with Crippen LogP contribution in [-0.4, -0.2) is 15.0 Å². The second-order valence-electron chi connectivity index (χ2n) is 5.00. The van der Waals surface area contributed by atoms with Gasteiger partial charge in [-0.15, -0.1) is 0 Å². The van der Waals surface area contributed by atoms with E-state index in [2.05, 4.69) is 4.72 Å². The Morgan fingerprint density at radius 2 is 1.74 bits per heavy atom. The molecule has 6 heteroatoms. The molecule has 2 aromatic carbocycles. The van der Waals surface area contributed by atoms with Gasteiger partial charge in [0.15, 0.2) is 0 Å². The lowest BCUT2D eigenvalue weighted by Crippen LogP contribution is -2.27. The average Bonchev–Trinajstić information content (AvgIpc) is 2.54. The second-order valence-corrected chi connectivity index (χ2v) is 6.71. The van der Waals surface area contributed by atoms with Crippen molar-refractivity contribution >= 4 is 10.0 Å². The van der Waals surface area contributed by atoms with Gasteiger partial charge in [0.25, 0.3) is 0 Å². The van der Waals surface area contributed by atoms with Crippen LogP contribution >= 0.6 is 0 Å². The van der Waals surface area contributed by atoms with Crippen molar-refractivity contribution in [3.8, 4) is 11.8 Å². The van der Waals surface area contributed by atoms with Gasteiger partial charge in [0.2, 0.25) is 10.0 Å². The molecule has 0 saturated heterocycles. The van der Waals surface area contributed by atoms with Gasteiger partial charge in [-0.05, 0) is 43.7 Å². The number of hydrogen-bond acceptors (Lipinski definition) is 4. The van der Waals surface area contributed by atoms with E-state index in [1.165, 1.54) is 12.1 Å². The van der Waals surface area contributed by atoms with Crippen molar-refractivity contribution in [1.82, 2.24) is 4.72 Å². The van der Waals surface area contributed by atoms with E-state index in [0.717, 1.165) is 5.56 Å². The van der Waals surface area contributed by atoms with Gasteiger partial charge in [-0.2, -0.15) is 9.98 Å². The summed E-state index contributed by atoms with van der Waals surface area (Å²) in [6.45, 7) is 4.29. The fraction of sp³-hybridized carbons (Fsp3) is 0.235. The number of rotatable bonds is 6. The fourth-order valence-corrected chi connectivity index (χ4v) is 3.16. The topological polar surface area (TPSA) is 79.2 Å². The minimum absolute atomic E-state index is 0.0910. The molecule has 5 nitrogen and oxygen atoms in total. The van der Waals surface area contributed by atoms with Crippen LogP contribution in [0.25, 0.3) is 0 Å². The smallest absolute Gasteiger partial charge is 0.242 e. The summed E-state index contributed by atoms with van der Waals surface area (Å²) in [6, 6.07) is 14.3. The lowest BCUT2D eigenvalue weighted by molar-refractivity contribution is 0.340. The van der Waals surface area contributed by atoms with E-state index in [0.29, 0.717) is 17.9 Å². The zero-order valence-electron chi connectivity index (χ0n) is 13.0. The molecular weight excluding hydrogens is 312 g/mol. The molecule has 23 heavy (non-hydrogen) atoms. The van der Waals surface area contributed by atoms with E-state index in [1.807, 2.05) is 32.0 Å². The normalized spacial score (nSPS) is 12.4. The molecule has 0 aliphatic rings. The van der Waals surface area contributed by atoms with Crippen molar-refractivity contribution in [3.63, 3.8) is 0 Å². The Morgan fingerprint density at radius 1 is 1.13 bits per heavy atom. The number of sulfonamides is 1. The van der Waals surface area contributed by atoms with Crippen LogP contribution < -0.4 is 9.46 Å². The summed E-state index contributed by atoms with van der Waals surface area (Å²) in [7, 11) is -3.79. The Bertz CT molecular complexity index is 791. The Morgan fingerprint density at radius 3 is 2.26 bits per heavy atom. The van der Waals surface area contributed by atoms with Crippen molar-refractivity contribution < 1.29 is 13.2 Å². The zero-order valence-corrected chi connectivity index (χ0v) is 13.8. The Labute approximate surface area is 136 Å². The molecule has 0 aliphatic heterocycles. The van der Waals surface area contributed by atoms with Crippen LogP contribution in [0.4, 0.5) is 0 Å². The van der Waals surface area contributed by atoms with Gasteiger partial charge >= 0.3 is 0 Å². The first-order chi connectivity index (χ1) is 11.0. The molecule has 0 bridgehead atoms. The zero-order chi connectivity index (χ0) is 16.9. The Hall–Kier alpha value is -2.36. The van der Waals surface area contributed by atoms with E-state index < -0.39 is 16.1 Å². The third kappa shape index (κ3) is 4.31. The maximum atomic E-state index is 12.4. The molecule has 1 atom stereocenters. The van der Waals surface area contributed by atoms with Crippen LogP contribution in [0.2, 0.25) is 0 Å². The van der Waals surface area contributed by atoms with Crippen LogP contribution in [0, 0.1) is 18.3 Å². The van der Waals surface area contributed by atoms with Gasteiger partial charge in [0.1, 0.15) is 11.8 Å². The Kier molecular flexibility index (Phi) is 5.37. The van der Waals surface area contributed by atoms with Crippen LogP contribution in [0.15, 0.2) is 53.4 Å².